The van der Waals surface area contributed by atoms with Crippen molar-refractivity contribution in [2.24, 2.45) is 0 Å². The summed E-state index contributed by atoms with van der Waals surface area (Å²) < 4.78 is 6.65. The van der Waals surface area contributed by atoms with Gasteiger partial charge >= 0.3 is 0 Å². The maximum Gasteiger partial charge on any atom is 0.144 e. The standard InChI is InChI=1S/C13H14BrN3O/c1-15-13-7-16-12(6-17-13)9-18-8-10-2-4-11(14)5-3-10/h2-7H,8-9H2,1H3,(H,15,17). The van der Waals surface area contributed by atoms with Crippen molar-refractivity contribution in [3.63, 3.8) is 0 Å². The van der Waals surface area contributed by atoms with Gasteiger partial charge in [-0.3, -0.25) is 4.98 Å². The molecule has 2 rings (SSSR count). The third-order valence-corrected chi connectivity index (χ3v) is 2.92. The number of hydrogen-bond donors (Lipinski definition) is 1. The van der Waals surface area contributed by atoms with E-state index in [1.807, 2.05) is 31.3 Å². The van der Waals surface area contributed by atoms with Crippen molar-refractivity contribution < 1.29 is 4.74 Å². The molecule has 0 unspecified atom stereocenters. The Balaban J connectivity index is 1.82. The fourth-order valence-electron chi connectivity index (χ4n) is 1.41. The average Bonchev–Trinajstić information content (AvgIpc) is 2.42. The number of anilines is 1. The monoisotopic (exact) mass is 307 g/mol. The zero-order valence-electron chi connectivity index (χ0n) is 10.1. The van der Waals surface area contributed by atoms with Crippen LogP contribution >= 0.6 is 15.9 Å². The number of ether oxygens (including phenoxy) is 1. The van der Waals surface area contributed by atoms with Gasteiger partial charge in [-0.2, -0.15) is 0 Å². The van der Waals surface area contributed by atoms with Crippen molar-refractivity contribution in [1.29, 1.82) is 0 Å². The van der Waals surface area contributed by atoms with Crippen molar-refractivity contribution in [1.82, 2.24) is 9.97 Å². The molecular weight excluding hydrogens is 294 g/mol. The van der Waals surface area contributed by atoms with E-state index in [1.54, 1.807) is 12.4 Å². The van der Waals surface area contributed by atoms with Gasteiger partial charge in [-0.05, 0) is 17.7 Å². The number of aromatic nitrogens is 2. The number of rotatable bonds is 5. The summed E-state index contributed by atoms with van der Waals surface area (Å²) in [6.07, 6.45) is 3.41. The highest BCUT2D eigenvalue weighted by molar-refractivity contribution is 9.10. The fourth-order valence-corrected chi connectivity index (χ4v) is 1.68. The lowest BCUT2D eigenvalue weighted by Crippen LogP contribution is -1.99. The summed E-state index contributed by atoms with van der Waals surface area (Å²) in [4.78, 5) is 8.41. The minimum absolute atomic E-state index is 0.465. The molecule has 0 fully saturated rings. The SMILES string of the molecule is CNc1cnc(COCc2ccc(Br)cc2)cn1. The number of nitrogens with one attached hydrogen (secondary N) is 1. The minimum atomic E-state index is 0.465. The second kappa shape index (κ2) is 6.47. The largest absolute Gasteiger partial charge is 0.372 e. The molecule has 0 saturated heterocycles. The molecule has 1 heterocycles. The molecule has 1 N–H and O–H groups in total. The molecular formula is C13H14BrN3O. The lowest BCUT2D eigenvalue weighted by atomic mass is 10.2. The van der Waals surface area contributed by atoms with Crippen LogP contribution in [0, 0.1) is 0 Å². The highest BCUT2D eigenvalue weighted by Crippen LogP contribution is 2.11. The van der Waals surface area contributed by atoms with E-state index in [-0.39, 0.29) is 0 Å². The minimum Gasteiger partial charge on any atom is -0.372 e. The first kappa shape index (κ1) is 13.0. The molecule has 18 heavy (non-hydrogen) atoms. The van der Waals surface area contributed by atoms with Crippen molar-refractivity contribution in [2.75, 3.05) is 12.4 Å². The van der Waals surface area contributed by atoms with Crippen LogP contribution in [-0.4, -0.2) is 17.0 Å². The topological polar surface area (TPSA) is 47.0 Å². The van der Waals surface area contributed by atoms with Crippen LogP contribution in [0.3, 0.4) is 0 Å². The fraction of sp³-hybridized carbons (Fsp3) is 0.231. The molecule has 94 valence electrons. The molecule has 5 heteroatoms. The molecule has 0 saturated carbocycles. The van der Waals surface area contributed by atoms with E-state index in [2.05, 4.69) is 31.2 Å². The normalized spacial score (nSPS) is 10.3. The van der Waals surface area contributed by atoms with Crippen LogP contribution in [0.4, 0.5) is 5.82 Å². The number of nitrogens with zero attached hydrogens (tertiary/aromatic N) is 2. The van der Waals surface area contributed by atoms with Crippen molar-refractivity contribution >= 4 is 21.7 Å². The summed E-state index contributed by atoms with van der Waals surface area (Å²) in [5.74, 6) is 0.756. The Morgan fingerprint density at radius 1 is 1.11 bits per heavy atom. The van der Waals surface area contributed by atoms with Crippen molar-refractivity contribution in [3.8, 4) is 0 Å². The summed E-state index contributed by atoms with van der Waals surface area (Å²) in [5, 5.41) is 2.92. The third-order valence-electron chi connectivity index (χ3n) is 2.39. The lowest BCUT2D eigenvalue weighted by Gasteiger charge is -2.05. The molecule has 4 nitrogen and oxygen atoms in total. The van der Waals surface area contributed by atoms with Crippen LogP contribution in [-0.2, 0) is 18.0 Å². The Morgan fingerprint density at radius 2 is 1.89 bits per heavy atom. The van der Waals surface area contributed by atoms with E-state index in [4.69, 9.17) is 4.74 Å². The average molecular weight is 308 g/mol. The van der Waals surface area contributed by atoms with Crippen LogP contribution < -0.4 is 5.32 Å². The molecule has 2 aromatic rings. The van der Waals surface area contributed by atoms with E-state index in [1.165, 1.54) is 0 Å². The van der Waals surface area contributed by atoms with Crippen LogP contribution in [0.2, 0.25) is 0 Å². The van der Waals surface area contributed by atoms with Crippen LogP contribution in [0.15, 0.2) is 41.1 Å². The Kier molecular flexibility index (Phi) is 4.66. The lowest BCUT2D eigenvalue weighted by molar-refractivity contribution is 0.104. The molecule has 0 atom stereocenters. The quantitative estimate of drug-likeness (QED) is 0.922. The van der Waals surface area contributed by atoms with E-state index in [9.17, 15) is 0 Å². The smallest absolute Gasteiger partial charge is 0.144 e. The van der Waals surface area contributed by atoms with Crippen LogP contribution in [0.5, 0.6) is 0 Å². The zero-order chi connectivity index (χ0) is 12.8. The zero-order valence-corrected chi connectivity index (χ0v) is 11.6. The molecule has 0 spiro atoms. The predicted octanol–water partition coefficient (Wildman–Crippen LogP) is 3.00. The Morgan fingerprint density at radius 3 is 2.50 bits per heavy atom. The number of benzene rings is 1. The van der Waals surface area contributed by atoms with Gasteiger partial charge < -0.3 is 10.1 Å². The van der Waals surface area contributed by atoms with Gasteiger partial charge in [-0.1, -0.05) is 28.1 Å². The van der Waals surface area contributed by atoms with Gasteiger partial charge in [-0.15, -0.1) is 0 Å². The number of halogens is 1. The summed E-state index contributed by atoms with van der Waals surface area (Å²) in [6, 6.07) is 8.06. The van der Waals surface area contributed by atoms with Crippen LogP contribution in [0.25, 0.3) is 0 Å². The Bertz CT molecular complexity index is 485. The van der Waals surface area contributed by atoms with E-state index >= 15 is 0 Å². The van der Waals surface area contributed by atoms with E-state index in [0.29, 0.717) is 13.2 Å². The Labute approximate surface area is 115 Å². The molecule has 0 aliphatic heterocycles. The molecule has 1 aromatic heterocycles. The third kappa shape index (κ3) is 3.78. The summed E-state index contributed by atoms with van der Waals surface area (Å²) in [6.45, 7) is 1.04. The number of hydrogen-bond acceptors (Lipinski definition) is 4. The molecule has 0 amide bonds. The van der Waals surface area contributed by atoms with E-state index < -0.39 is 0 Å². The second-order valence-corrected chi connectivity index (χ2v) is 4.68. The maximum atomic E-state index is 5.58. The van der Waals surface area contributed by atoms with Crippen molar-refractivity contribution in [3.05, 3.63) is 52.4 Å². The van der Waals surface area contributed by atoms with E-state index in [0.717, 1.165) is 21.5 Å². The molecule has 0 radical (unpaired) electrons. The molecule has 0 aliphatic carbocycles. The van der Waals surface area contributed by atoms with Crippen LogP contribution in [0.1, 0.15) is 11.3 Å². The highest BCUT2D eigenvalue weighted by atomic mass is 79.9. The summed E-state index contributed by atoms with van der Waals surface area (Å²) >= 11 is 3.40. The van der Waals surface area contributed by atoms with Gasteiger partial charge in [0.15, 0.2) is 0 Å². The molecule has 0 aliphatic rings. The maximum absolute atomic E-state index is 5.58. The van der Waals surface area contributed by atoms with Gasteiger partial charge in [0, 0.05) is 11.5 Å². The summed E-state index contributed by atoms with van der Waals surface area (Å²) in [7, 11) is 1.81. The van der Waals surface area contributed by atoms with Gasteiger partial charge in [0.2, 0.25) is 0 Å². The Hall–Kier alpha value is -1.46. The van der Waals surface area contributed by atoms with Gasteiger partial charge in [0.05, 0.1) is 31.3 Å². The molecule has 0 bridgehead atoms. The highest BCUT2D eigenvalue weighted by Gasteiger charge is 1.98. The van der Waals surface area contributed by atoms with Crippen molar-refractivity contribution in [2.45, 2.75) is 13.2 Å². The van der Waals surface area contributed by atoms with Gasteiger partial charge in [0.1, 0.15) is 5.82 Å². The first-order chi connectivity index (χ1) is 8.78. The second-order valence-electron chi connectivity index (χ2n) is 3.76. The molecule has 1 aromatic carbocycles. The first-order valence-corrected chi connectivity index (χ1v) is 6.38. The van der Waals surface area contributed by atoms with Gasteiger partial charge in [0.25, 0.3) is 0 Å². The van der Waals surface area contributed by atoms with Gasteiger partial charge in [-0.25, -0.2) is 4.98 Å². The predicted molar refractivity (Wildman–Crippen MR) is 74.2 cm³/mol. The summed E-state index contributed by atoms with van der Waals surface area (Å²) in [5.41, 5.74) is 1.96. The first-order valence-electron chi connectivity index (χ1n) is 5.59.